The zero-order valence-corrected chi connectivity index (χ0v) is 12.4. The van der Waals surface area contributed by atoms with Crippen LogP contribution in [0.2, 0.25) is 5.02 Å². The van der Waals surface area contributed by atoms with Crippen LogP contribution in [-0.2, 0) is 9.05 Å². The van der Waals surface area contributed by atoms with Gasteiger partial charge in [0.05, 0.1) is 5.25 Å². The Balaban J connectivity index is 2.16. The summed E-state index contributed by atoms with van der Waals surface area (Å²) in [6.07, 6.45) is 1.12. The van der Waals surface area contributed by atoms with Crippen molar-refractivity contribution in [1.82, 2.24) is 4.90 Å². The van der Waals surface area contributed by atoms with E-state index in [2.05, 4.69) is 0 Å². The summed E-state index contributed by atoms with van der Waals surface area (Å²) in [5, 5.41) is -0.213. The van der Waals surface area contributed by atoms with Crippen molar-refractivity contribution in [2.24, 2.45) is 0 Å². The number of amides is 1. The summed E-state index contributed by atoms with van der Waals surface area (Å²) in [7, 11) is 1.74. The fourth-order valence-electron chi connectivity index (χ4n) is 2.16. The van der Waals surface area contributed by atoms with Gasteiger partial charge in [-0.3, -0.25) is 4.79 Å². The molecular weight excluding hydrogens is 309 g/mol. The van der Waals surface area contributed by atoms with Crippen molar-refractivity contribution in [3.05, 3.63) is 34.9 Å². The Kier molecular flexibility index (Phi) is 4.38. The Morgan fingerprint density at radius 2 is 2.11 bits per heavy atom. The molecule has 0 N–H and O–H groups in total. The van der Waals surface area contributed by atoms with Crippen LogP contribution in [0.1, 0.15) is 23.2 Å². The zero-order chi connectivity index (χ0) is 14.0. The van der Waals surface area contributed by atoms with Gasteiger partial charge in [-0.25, -0.2) is 8.42 Å². The van der Waals surface area contributed by atoms with Gasteiger partial charge in [0.15, 0.2) is 0 Å². The molecule has 1 fully saturated rings. The second-order valence-electron chi connectivity index (χ2n) is 4.50. The lowest BCUT2D eigenvalue weighted by Crippen LogP contribution is -2.44. The molecule has 1 aromatic rings. The van der Waals surface area contributed by atoms with Gasteiger partial charge in [0.2, 0.25) is 9.05 Å². The first-order valence-corrected chi connectivity index (χ1v) is 8.61. The predicted octanol–water partition coefficient (Wildman–Crippen LogP) is 2.51. The van der Waals surface area contributed by atoms with E-state index in [4.69, 9.17) is 22.3 Å². The van der Waals surface area contributed by atoms with Crippen molar-refractivity contribution < 1.29 is 13.2 Å². The summed E-state index contributed by atoms with van der Waals surface area (Å²) in [5.74, 6) is -0.215. The number of likely N-dealkylation sites (tertiary alicyclic amines) is 1. The Bertz CT molecular complexity index is 588. The summed E-state index contributed by atoms with van der Waals surface area (Å²) in [6.45, 7) is 0.672. The molecular formula is C12H13Cl2NO3S. The smallest absolute Gasteiger partial charge is 0.253 e. The first-order chi connectivity index (χ1) is 8.88. The summed E-state index contributed by atoms with van der Waals surface area (Å²) in [4.78, 5) is 13.8. The SMILES string of the molecule is O=C(c1cccc(Cl)c1)N1CCC[C@@H](S(=O)(=O)Cl)C1. The van der Waals surface area contributed by atoms with Crippen LogP contribution in [0.3, 0.4) is 0 Å². The maximum absolute atomic E-state index is 12.3. The number of benzene rings is 1. The highest BCUT2D eigenvalue weighted by atomic mass is 35.7. The average Bonchev–Trinajstić information content (AvgIpc) is 2.37. The van der Waals surface area contributed by atoms with Crippen LogP contribution < -0.4 is 0 Å². The van der Waals surface area contributed by atoms with Crippen LogP contribution in [-0.4, -0.2) is 37.6 Å². The molecule has 0 unspecified atom stereocenters. The molecule has 0 bridgehead atoms. The monoisotopic (exact) mass is 321 g/mol. The van der Waals surface area contributed by atoms with E-state index < -0.39 is 14.3 Å². The lowest BCUT2D eigenvalue weighted by molar-refractivity contribution is 0.0727. The molecule has 1 saturated heterocycles. The van der Waals surface area contributed by atoms with Crippen molar-refractivity contribution in [1.29, 1.82) is 0 Å². The number of rotatable bonds is 2. The fraction of sp³-hybridized carbons (Fsp3) is 0.417. The molecule has 1 aliphatic heterocycles. The van der Waals surface area contributed by atoms with Gasteiger partial charge in [-0.15, -0.1) is 0 Å². The molecule has 1 amide bonds. The van der Waals surface area contributed by atoms with Crippen molar-refractivity contribution >= 4 is 37.2 Å². The lowest BCUT2D eigenvalue weighted by Gasteiger charge is -2.31. The minimum Gasteiger partial charge on any atom is -0.337 e. The van der Waals surface area contributed by atoms with Crippen LogP contribution in [0.5, 0.6) is 0 Å². The average molecular weight is 322 g/mol. The van der Waals surface area contributed by atoms with E-state index in [1.807, 2.05) is 0 Å². The molecule has 104 valence electrons. The molecule has 0 aromatic heterocycles. The molecule has 0 radical (unpaired) electrons. The molecule has 1 heterocycles. The maximum atomic E-state index is 12.3. The van der Waals surface area contributed by atoms with Gasteiger partial charge in [-0.1, -0.05) is 17.7 Å². The second-order valence-corrected chi connectivity index (χ2v) is 7.85. The number of carbonyl (C=O) groups excluding carboxylic acids is 1. The van der Waals surface area contributed by atoms with Gasteiger partial charge in [0.25, 0.3) is 5.91 Å². The van der Waals surface area contributed by atoms with E-state index in [-0.39, 0.29) is 12.5 Å². The van der Waals surface area contributed by atoms with Crippen LogP contribution >= 0.6 is 22.3 Å². The van der Waals surface area contributed by atoms with E-state index in [0.717, 1.165) is 0 Å². The summed E-state index contributed by atoms with van der Waals surface area (Å²) in [6, 6.07) is 6.60. The first-order valence-electron chi connectivity index (χ1n) is 5.86. The summed E-state index contributed by atoms with van der Waals surface area (Å²) in [5.41, 5.74) is 0.458. The molecule has 2 rings (SSSR count). The number of halogens is 2. The number of hydrogen-bond acceptors (Lipinski definition) is 3. The largest absolute Gasteiger partial charge is 0.337 e. The minimum atomic E-state index is -3.63. The Hall–Kier alpha value is -0.780. The van der Waals surface area contributed by atoms with Gasteiger partial charge in [-0.2, -0.15) is 0 Å². The maximum Gasteiger partial charge on any atom is 0.253 e. The van der Waals surface area contributed by atoms with Crippen molar-refractivity contribution in [2.45, 2.75) is 18.1 Å². The highest BCUT2D eigenvalue weighted by Crippen LogP contribution is 2.22. The standard InChI is InChI=1S/C12H13Cl2NO3S/c13-10-4-1-3-9(7-10)12(16)15-6-2-5-11(8-15)19(14,17)18/h1,3-4,7,11H,2,5-6,8H2/t11-/m1/s1. The molecule has 0 aliphatic carbocycles. The molecule has 1 atom stereocenters. The van der Waals surface area contributed by atoms with Gasteiger partial charge in [-0.05, 0) is 31.0 Å². The molecule has 19 heavy (non-hydrogen) atoms. The molecule has 7 heteroatoms. The van der Waals surface area contributed by atoms with E-state index in [0.29, 0.717) is 30.0 Å². The highest BCUT2D eigenvalue weighted by molar-refractivity contribution is 8.14. The van der Waals surface area contributed by atoms with Gasteiger partial charge >= 0.3 is 0 Å². The Labute approximate surface area is 121 Å². The Morgan fingerprint density at radius 1 is 1.37 bits per heavy atom. The number of carbonyl (C=O) groups is 1. The first kappa shape index (κ1) is 14.6. The zero-order valence-electron chi connectivity index (χ0n) is 10.1. The molecule has 4 nitrogen and oxygen atoms in total. The van der Waals surface area contributed by atoms with Gasteiger partial charge < -0.3 is 4.90 Å². The number of hydrogen-bond donors (Lipinski definition) is 0. The number of piperidine rings is 1. The van der Waals surface area contributed by atoms with Crippen molar-refractivity contribution in [2.75, 3.05) is 13.1 Å². The molecule has 0 spiro atoms. The van der Waals surface area contributed by atoms with E-state index in [1.165, 1.54) is 4.90 Å². The van der Waals surface area contributed by atoms with Crippen molar-refractivity contribution in [3.63, 3.8) is 0 Å². The quantitative estimate of drug-likeness (QED) is 0.786. The molecule has 1 aromatic carbocycles. The van der Waals surface area contributed by atoms with Crippen LogP contribution in [0, 0.1) is 0 Å². The highest BCUT2D eigenvalue weighted by Gasteiger charge is 2.31. The predicted molar refractivity (Wildman–Crippen MR) is 75.2 cm³/mol. The molecule has 1 aliphatic rings. The van der Waals surface area contributed by atoms with E-state index in [9.17, 15) is 13.2 Å². The van der Waals surface area contributed by atoms with Crippen molar-refractivity contribution in [3.8, 4) is 0 Å². The third kappa shape index (κ3) is 3.61. The minimum absolute atomic E-state index is 0.136. The molecule has 0 saturated carbocycles. The van der Waals surface area contributed by atoms with Crippen LogP contribution in [0.25, 0.3) is 0 Å². The Morgan fingerprint density at radius 3 is 2.74 bits per heavy atom. The number of nitrogens with zero attached hydrogens (tertiary/aromatic N) is 1. The van der Waals surface area contributed by atoms with E-state index >= 15 is 0 Å². The third-order valence-corrected chi connectivity index (χ3v) is 5.31. The fourth-order valence-corrected chi connectivity index (χ4v) is 3.59. The lowest BCUT2D eigenvalue weighted by atomic mass is 10.1. The summed E-state index contributed by atoms with van der Waals surface area (Å²) < 4.78 is 22.7. The van der Waals surface area contributed by atoms with Gasteiger partial charge in [0.1, 0.15) is 0 Å². The van der Waals surface area contributed by atoms with Gasteiger partial charge in [0, 0.05) is 34.4 Å². The third-order valence-electron chi connectivity index (χ3n) is 3.14. The normalized spacial score (nSPS) is 20.3. The topological polar surface area (TPSA) is 54.5 Å². The summed E-state index contributed by atoms with van der Waals surface area (Å²) >= 11 is 5.84. The van der Waals surface area contributed by atoms with Crippen LogP contribution in [0.15, 0.2) is 24.3 Å². The van der Waals surface area contributed by atoms with E-state index in [1.54, 1.807) is 24.3 Å². The van der Waals surface area contributed by atoms with Crippen LogP contribution in [0.4, 0.5) is 0 Å². The second kappa shape index (κ2) is 5.69.